The molecule has 0 aromatic heterocycles. The van der Waals surface area contributed by atoms with Gasteiger partial charge in [0.2, 0.25) is 0 Å². The number of nitrogens with zero attached hydrogens (tertiary/aromatic N) is 1. The molecule has 0 aliphatic rings. The molecule has 2 aromatic rings. The second kappa shape index (κ2) is 6.59. The van der Waals surface area contributed by atoms with E-state index in [2.05, 4.69) is 0 Å². The van der Waals surface area contributed by atoms with Gasteiger partial charge in [-0.3, -0.25) is 10.1 Å². The van der Waals surface area contributed by atoms with Gasteiger partial charge in [0.05, 0.1) is 16.9 Å². The summed E-state index contributed by atoms with van der Waals surface area (Å²) in [5, 5.41) is 30.4. The van der Waals surface area contributed by atoms with Gasteiger partial charge in [-0.25, -0.2) is 8.42 Å². The Balaban J connectivity index is 2.39. The third-order valence-corrected chi connectivity index (χ3v) is 4.52. The first kappa shape index (κ1) is 17.3. The lowest BCUT2D eigenvalue weighted by Gasteiger charge is -2.04. The lowest BCUT2D eigenvalue weighted by atomic mass is 10.2. The van der Waals surface area contributed by atoms with E-state index in [0.717, 1.165) is 11.5 Å². The smallest absolute Gasteiger partial charge is 0.312 e. The molecule has 0 saturated carbocycles. The maximum atomic E-state index is 12.3. The Morgan fingerprint density at radius 3 is 2.42 bits per heavy atom. The van der Waals surface area contributed by atoms with Gasteiger partial charge >= 0.3 is 5.69 Å². The molecule has 8 nitrogen and oxygen atoms in total. The molecule has 24 heavy (non-hydrogen) atoms. The second-order valence-corrected chi connectivity index (χ2v) is 6.52. The third-order valence-electron chi connectivity index (χ3n) is 3.11. The minimum absolute atomic E-state index is 0.0496. The molecule has 0 saturated heterocycles. The Labute approximate surface area is 137 Å². The predicted octanol–water partition coefficient (Wildman–Crippen LogP) is 2.46. The number of hydrogen-bond acceptors (Lipinski definition) is 7. The van der Waals surface area contributed by atoms with Gasteiger partial charge in [0.1, 0.15) is 0 Å². The lowest BCUT2D eigenvalue weighted by Crippen LogP contribution is -2.00. The number of benzene rings is 2. The van der Waals surface area contributed by atoms with Crippen LogP contribution in [0.15, 0.2) is 46.7 Å². The summed E-state index contributed by atoms with van der Waals surface area (Å²) >= 11 is 0. The van der Waals surface area contributed by atoms with Crippen molar-refractivity contribution in [3.8, 4) is 17.2 Å². The SMILES string of the molecule is COc1ccc(S(=O)(=O)C=Cc2ccc(O)c(O)c2)cc1[N+](=O)[O-]. The zero-order valence-electron chi connectivity index (χ0n) is 12.4. The maximum Gasteiger partial charge on any atom is 0.312 e. The molecule has 0 amide bonds. The Kier molecular flexibility index (Phi) is 4.74. The van der Waals surface area contributed by atoms with Crippen LogP contribution in [0.5, 0.6) is 17.2 Å². The average Bonchev–Trinajstić information content (AvgIpc) is 2.55. The van der Waals surface area contributed by atoms with Gasteiger partial charge in [-0.2, -0.15) is 0 Å². The topological polar surface area (TPSA) is 127 Å². The predicted molar refractivity (Wildman–Crippen MR) is 85.6 cm³/mol. The molecular weight excluding hydrogens is 338 g/mol. The van der Waals surface area contributed by atoms with Crippen LogP contribution in [0.4, 0.5) is 5.69 Å². The molecule has 2 rings (SSSR count). The molecule has 126 valence electrons. The minimum atomic E-state index is -3.95. The Hall–Kier alpha value is -3.07. The van der Waals surface area contributed by atoms with Crippen molar-refractivity contribution < 1.29 is 28.3 Å². The van der Waals surface area contributed by atoms with Crippen molar-refractivity contribution in [2.24, 2.45) is 0 Å². The summed E-state index contributed by atoms with van der Waals surface area (Å²) < 4.78 is 29.4. The van der Waals surface area contributed by atoms with Gasteiger partial charge in [-0.15, -0.1) is 0 Å². The van der Waals surface area contributed by atoms with Crippen molar-refractivity contribution in [1.82, 2.24) is 0 Å². The van der Waals surface area contributed by atoms with Crippen molar-refractivity contribution >= 4 is 21.6 Å². The fourth-order valence-corrected chi connectivity index (χ4v) is 2.91. The molecule has 0 aliphatic heterocycles. The molecule has 0 unspecified atom stereocenters. The highest BCUT2D eigenvalue weighted by Crippen LogP contribution is 2.30. The van der Waals surface area contributed by atoms with Gasteiger partial charge in [0.25, 0.3) is 0 Å². The van der Waals surface area contributed by atoms with E-state index in [1.54, 1.807) is 0 Å². The van der Waals surface area contributed by atoms with Crippen molar-refractivity contribution in [1.29, 1.82) is 0 Å². The normalized spacial score (nSPS) is 11.5. The van der Waals surface area contributed by atoms with Crippen LogP contribution in [0.25, 0.3) is 6.08 Å². The summed E-state index contributed by atoms with van der Waals surface area (Å²) in [5.41, 5.74) is -0.133. The summed E-state index contributed by atoms with van der Waals surface area (Å²) in [7, 11) is -2.70. The molecule has 0 fully saturated rings. The van der Waals surface area contributed by atoms with Crippen LogP contribution in [0, 0.1) is 10.1 Å². The molecular formula is C15H13NO7S. The Morgan fingerprint density at radius 1 is 1.12 bits per heavy atom. The highest BCUT2D eigenvalue weighted by molar-refractivity contribution is 7.94. The van der Waals surface area contributed by atoms with Crippen LogP contribution in [-0.4, -0.2) is 30.7 Å². The quantitative estimate of drug-likeness (QED) is 0.481. The highest BCUT2D eigenvalue weighted by atomic mass is 32.2. The van der Waals surface area contributed by atoms with Crippen LogP contribution < -0.4 is 4.74 Å². The summed E-state index contributed by atoms with van der Waals surface area (Å²) in [5.74, 6) is -0.776. The van der Waals surface area contributed by atoms with Crippen LogP contribution >= 0.6 is 0 Å². The number of ether oxygens (including phenoxy) is 1. The number of sulfone groups is 1. The van der Waals surface area contributed by atoms with E-state index in [1.165, 1.54) is 43.5 Å². The fraction of sp³-hybridized carbons (Fsp3) is 0.0667. The number of phenols is 2. The van der Waals surface area contributed by atoms with Crippen molar-refractivity contribution in [3.05, 3.63) is 57.5 Å². The first-order valence-corrected chi connectivity index (χ1v) is 8.07. The monoisotopic (exact) mass is 351 g/mol. The molecule has 0 atom stereocenters. The Morgan fingerprint density at radius 2 is 1.83 bits per heavy atom. The third kappa shape index (κ3) is 3.63. The zero-order valence-corrected chi connectivity index (χ0v) is 13.2. The molecule has 0 radical (unpaired) electrons. The van der Waals surface area contributed by atoms with E-state index in [9.17, 15) is 28.7 Å². The van der Waals surface area contributed by atoms with E-state index in [0.29, 0.717) is 5.56 Å². The summed E-state index contributed by atoms with van der Waals surface area (Å²) in [6, 6.07) is 7.09. The number of nitro benzene ring substituents is 1. The van der Waals surface area contributed by atoms with Gasteiger partial charge in [-0.05, 0) is 35.9 Å². The van der Waals surface area contributed by atoms with E-state index >= 15 is 0 Å². The number of rotatable bonds is 5. The summed E-state index contributed by atoms with van der Waals surface area (Å²) in [6.45, 7) is 0. The first-order valence-electron chi connectivity index (χ1n) is 6.52. The average molecular weight is 351 g/mol. The Bertz CT molecular complexity index is 919. The van der Waals surface area contributed by atoms with E-state index < -0.39 is 26.2 Å². The molecule has 9 heteroatoms. The lowest BCUT2D eigenvalue weighted by molar-refractivity contribution is -0.386. The van der Waals surface area contributed by atoms with Crippen LogP contribution in [-0.2, 0) is 9.84 Å². The van der Waals surface area contributed by atoms with E-state index in [4.69, 9.17) is 4.74 Å². The van der Waals surface area contributed by atoms with Gasteiger partial charge in [0, 0.05) is 11.5 Å². The van der Waals surface area contributed by atoms with E-state index in [-0.39, 0.29) is 16.4 Å². The zero-order chi connectivity index (χ0) is 17.9. The number of phenolic OH excluding ortho intramolecular Hbond substituents is 2. The highest BCUT2D eigenvalue weighted by Gasteiger charge is 2.20. The minimum Gasteiger partial charge on any atom is -0.504 e. The summed E-state index contributed by atoms with van der Waals surface area (Å²) in [6.07, 6.45) is 1.20. The second-order valence-electron chi connectivity index (χ2n) is 4.69. The van der Waals surface area contributed by atoms with Crippen LogP contribution in [0.1, 0.15) is 5.56 Å². The molecule has 0 spiro atoms. The number of aromatic hydroxyl groups is 2. The summed E-state index contributed by atoms with van der Waals surface area (Å²) in [4.78, 5) is 9.96. The molecule has 0 aliphatic carbocycles. The van der Waals surface area contributed by atoms with Crippen molar-refractivity contribution in [3.63, 3.8) is 0 Å². The number of methoxy groups -OCH3 is 1. The number of hydrogen-bond donors (Lipinski definition) is 2. The standard InChI is InChI=1S/C15H13NO7S/c1-23-15-5-3-11(9-12(15)16(19)20)24(21,22)7-6-10-2-4-13(17)14(18)8-10/h2-9,17-18H,1H3. The molecule has 0 heterocycles. The molecule has 0 bridgehead atoms. The van der Waals surface area contributed by atoms with Gasteiger partial charge < -0.3 is 14.9 Å². The fourth-order valence-electron chi connectivity index (χ4n) is 1.88. The van der Waals surface area contributed by atoms with Crippen molar-refractivity contribution in [2.75, 3.05) is 7.11 Å². The largest absolute Gasteiger partial charge is 0.504 e. The van der Waals surface area contributed by atoms with E-state index in [1.807, 2.05) is 0 Å². The molecule has 2 N–H and O–H groups in total. The number of nitro groups is 1. The van der Waals surface area contributed by atoms with Crippen LogP contribution in [0.3, 0.4) is 0 Å². The van der Waals surface area contributed by atoms with Crippen LogP contribution in [0.2, 0.25) is 0 Å². The first-order chi connectivity index (χ1) is 11.2. The molecule has 2 aromatic carbocycles. The van der Waals surface area contributed by atoms with Crippen molar-refractivity contribution in [2.45, 2.75) is 4.90 Å². The van der Waals surface area contributed by atoms with Gasteiger partial charge in [-0.1, -0.05) is 6.07 Å². The maximum absolute atomic E-state index is 12.3. The van der Waals surface area contributed by atoms with Gasteiger partial charge in [0.15, 0.2) is 27.1 Å².